The summed E-state index contributed by atoms with van der Waals surface area (Å²) in [6.45, 7) is 7.87. The molecule has 0 bridgehead atoms. The lowest BCUT2D eigenvalue weighted by Crippen LogP contribution is -2.42. The molecule has 0 aromatic rings. The van der Waals surface area contributed by atoms with Crippen LogP contribution in [0.4, 0.5) is 0 Å². The molecule has 3 unspecified atom stereocenters. The van der Waals surface area contributed by atoms with Gasteiger partial charge in [-0.15, -0.1) is 0 Å². The summed E-state index contributed by atoms with van der Waals surface area (Å²) >= 11 is 0. The summed E-state index contributed by atoms with van der Waals surface area (Å²) in [5.41, 5.74) is 0. The number of likely N-dealkylation sites (tertiary alicyclic amines) is 1. The number of nitrogens with one attached hydrogen (secondary N) is 1. The maximum absolute atomic E-state index is 9.85. The van der Waals surface area contributed by atoms with E-state index < -0.39 is 0 Å². The van der Waals surface area contributed by atoms with Gasteiger partial charge in [-0.3, -0.25) is 0 Å². The van der Waals surface area contributed by atoms with Crippen LogP contribution in [0.15, 0.2) is 0 Å². The highest BCUT2D eigenvalue weighted by molar-refractivity contribution is 4.74. The first kappa shape index (κ1) is 13.9. The monoisotopic (exact) mass is 230 g/mol. The van der Waals surface area contributed by atoms with Gasteiger partial charge in [0, 0.05) is 25.7 Å². The van der Waals surface area contributed by atoms with Crippen molar-refractivity contribution in [1.82, 2.24) is 10.2 Å². The Morgan fingerprint density at radius 2 is 1.88 bits per heavy atom. The second-order valence-corrected chi connectivity index (χ2v) is 5.02. The Morgan fingerprint density at radius 1 is 1.25 bits per heavy atom. The van der Waals surface area contributed by atoms with Gasteiger partial charge in [0.25, 0.3) is 0 Å². The average molecular weight is 230 g/mol. The van der Waals surface area contributed by atoms with Crippen LogP contribution in [0.2, 0.25) is 0 Å². The minimum Gasteiger partial charge on any atom is -0.396 e. The summed E-state index contributed by atoms with van der Waals surface area (Å²) < 4.78 is 0. The first-order valence-corrected chi connectivity index (χ1v) is 6.38. The van der Waals surface area contributed by atoms with Gasteiger partial charge in [0.1, 0.15) is 0 Å². The van der Waals surface area contributed by atoms with Crippen LogP contribution in [-0.4, -0.2) is 60.0 Å². The predicted molar refractivity (Wildman–Crippen MR) is 65.4 cm³/mol. The zero-order chi connectivity index (χ0) is 12.0. The fourth-order valence-corrected chi connectivity index (χ4v) is 2.01. The van der Waals surface area contributed by atoms with Crippen LogP contribution in [0, 0.1) is 5.92 Å². The fourth-order valence-electron chi connectivity index (χ4n) is 2.01. The molecule has 16 heavy (non-hydrogen) atoms. The summed E-state index contributed by atoms with van der Waals surface area (Å²) in [5.74, 6) is 0.235. The normalized spacial score (nSPS) is 23.2. The molecule has 0 aliphatic carbocycles. The lowest BCUT2D eigenvalue weighted by Gasteiger charge is -2.23. The van der Waals surface area contributed by atoms with Crippen molar-refractivity contribution >= 4 is 0 Å². The lowest BCUT2D eigenvalue weighted by molar-refractivity contribution is 0.115. The Kier molecular flexibility index (Phi) is 6.28. The Balaban J connectivity index is 2.11. The molecule has 0 radical (unpaired) electrons. The lowest BCUT2D eigenvalue weighted by atomic mass is 10.1. The first-order valence-electron chi connectivity index (χ1n) is 6.38. The number of hydrogen-bond acceptors (Lipinski definition) is 4. The van der Waals surface area contributed by atoms with E-state index in [-0.39, 0.29) is 24.7 Å². The van der Waals surface area contributed by atoms with Gasteiger partial charge < -0.3 is 20.4 Å². The smallest absolute Gasteiger partial charge is 0.0791 e. The second kappa shape index (κ2) is 7.22. The van der Waals surface area contributed by atoms with E-state index in [4.69, 9.17) is 5.11 Å². The predicted octanol–water partition coefficient (Wildman–Crippen LogP) is 0.0496. The Labute approximate surface area is 98.6 Å². The van der Waals surface area contributed by atoms with Crippen molar-refractivity contribution in [3.05, 3.63) is 0 Å². The zero-order valence-corrected chi connectivity index (χ0v) is 10.5. The number of aliphatic hydroxyl groups excluding tert-OH is 2. The number of nitrogens with zero attached hydrogens (tertiary/aromatic N) is 1. The largest absolute Gasteiger partial charge is 0.396 e. The molecule has 1 heterocycles. The van der Waals surface area contributed by atoms with Crippen molar-refractivity contribution in [3.8, 4) is 0 Å². The van der Waals surface area contributed by atoms with E-state index in [2.05, 4.69) is 10.2 Å². The van der Waals surface area contributed by atoms with Crippen LogP contribution < -0.4 is 5.32 Å². The van der Waals surface area contributed by atoms with Crippen molar-refractivity contribution in [2.45, 2.75) is 38.8 Å². The number of β-amino-alcohol motifs (C(OH)–C–C–N with tert-alkyl or cyclic N) is 1. The molecule has 0 aromatic carbocycles. The summed E-state index contributed by atoms with van der Waals surface area (Å²) in [5, 5.41) is 22.1. The molecule has 3 N–H and O–H groups in total. The van der Waals surface area contributed by atoms with Crippen molar-refractivity contribution in [1.29, 1.82) is 0 Å². The molecular weight excluding hydrogens is 204 g/mol. The Hall–Kier alpha value is -0.160. The number of rotatable bonds is 7. The van der Waals surface area contributed by atoms with E-state index in [1.807, 2.05) is 13.8 Å². The van der Waals surface area contributed by atoms with Crippen LogP contribution >= 0.6 is 0 Å². The first-order chi connectivity index (χ1) is 7.63. The Morgan fingerprint density at radius 3 is 2.44 bits per heavy atom. The number of hydrogen-bond donors (Lipinski definition) is 3. The number of aliphatic hydroxyl groups is 2. The van der Waals surface area contributed by atoms with E-state index in [1.165, 1.54) is 12.8 Å². The van der Waals surface area contributed by atoms with E-state index in [0.29, 0.717) is 6.54 Å². The third kappa shape index (κ3) is 4.78. The highest BCUT2D eigenvalue weighted by Crippen LogP contribution is 2.07. The molecule has 0 amide bonds. The summed E-state index contributed by atoms with van der Waals surface area (Å²) in [4.78, 5) is 2.31. The van der Waals surface area contributed by atoms with Crippen LogP contribution in [0.1, 0.15) is 26.7 Å². The summed E-state index contributed by atoms with van der Waals surface area (Å²) in [7, 11) is 0. The van der Waals surface area contributed by atoms with Gasteiger partial charge in [-0.2, -0.15) is 0 Å². The fraction of sp³-hybridized carbons (Fsp3) is 1.00. The van der Waals surface area contributed by atoms with Gasteiger partial charge in [0.15, 0.2) is 0 Å². The molecule has 1 saturated heterocycles. The summed E-state index contributed by atoms with van der Waals surface area (Å²) in [6, 6.07) is 0.248. The molecule has 4 nitrogen and oxygen atoms in total. The van der Waals surface area contributed by atoms with Crippen molar-refractivity contribution in [3.63, 3.8) is 0 Å². The quantitative estimate of drug-likeness (QED) is 0.578. The van der Waals surface area contributed by atoms with Gasteiger partial charge >= 0.3 is 0 Å². The van der Waals surface area contributed by atoms with E-state index in [0.717, 1.165) is 19.6 Å². The molecule has 0 saturated carbocycles. The highest BCUT2D eigenvalue weighted by atomic mass is 16.3. The van der Waals surface area contributed by atoms with Crippen molar-refractivity contribution < 1.29 is 10.2 Å². The maximum atomic E-state index is 9.85. The zero-order valence-electron chi connectivity index (χ0n) is 10.5. The third-order valence-electron chi connectivity index (χ3n) is 3.48. The SMILES string of the molecule is CC(CO)C(C)NCC(O)CN1CCCC1. The van der Waals surface area contributed by atoms with Crippen molar-refractivity contribution in [2.24, 2.45) is 5.92 Å². The molecular formula is C12H26N2O2. The summed E-state index contributed by atoms with van der Waals surface area (Å²) in [6.07, 6.45) is 2.22. The van der Waals surface area contributed by atoms with E-state index in [1.54, 1.807) is 0 Å². The topological polar surface area (TPSA) is 55.7 Å². The maximum Gasteiger partial charge on any atom is 0.0791 e. The molecule has 0 aromatic heterocycles. The van der Waals surface area contributed by atoms with Gasteiger partial charge in [-0.25, -0.2) is 0 Å². The highest BCUT2D eigenvalue weighted by Gasteiger charge is 2.17. The average Bonchev–Trinajstić information content (AvgIpc) is 2.77. The van der Waals surface area contributed by atoms with Crippen molar-refractivity contribution in [2.75, 3.05) is 32.8 Å². The van der Waals surface area contributed by atoms with Gasteiger partial charge in [0.05, 0.1) is 6.10 Å². The molecule has 1 fully saturated rings. The molecule has 1 rings (SSSR count). The van der Waals surface area contributed by atoms with Crippen LogP contribution in [-0.2, 0) is 0 Å². The molecule has 0 spiro atoms. The standard InChI is InChI=1S/C12H26N2O2/c1-10(9-15)11(2)13-7-12(16)8-14-5-3-4-6-14/h10-13,15-16H,3-9H2,1-2H3. The Bertz CT molecular complexity index is 184. The van der Waals surface area contributed by atoms with Gasteiger partial charge in [-0.1, -0.05) is 6.92 Å². The molecule has 96 valence electrons. The molecule has 1 aliphatic rings. The molecule has 1 aliphatic heterocycles. The van der Waals surface area contributed by atoms with E-state index >= 15 is 0 Å². The van der Waals surface area contributed by atoms with Gasteiger partial charge in [-0.05, 0) is 38.8 Å². The minimum atomic E-state index is -0.300. The van der Waals surface area contributed by atoms with Crippen LogP contribution in [0.3, 0.4) is 0 Å². The second-order valence-electron chi connectivity index (χ2n) is 5.02. The van der Waals surface area contributed by atoms with E-state index in [9.17, 15) is 5.11 Å². The van der Waals surface area contributed by atoms with Crippen LogP contribution in [0.25, 0.3) is 0 Å². The third-order valence-corrected chi connectivity index (χ3v) is 3.48. The minimum absolute atomic E-state index is 0.191. The molecule has 3 atom stereocenters. The van der Waals surface area contributed by atoms with Crippen LogP contribution in [0.5, 0.6) is 0 Å². The molecule has 4 heteroatoms. The van der Waals surface area contributed by atoms with Gasteiger partial charge in [0.2, 0.25) is 0 Å².